The molecule has 0 radical (unpaired) electrons. The van der Waals surface area contributed by atoms with Crippen molar-refractivity contribution in [1.82, 2.24) is 5.32 Å². The van der Waals surface area contributed by atoms with Crippen LogP contribution in [0.1, 0.15) is 45.4 Å². The molecule has 0 amide bonds. The van der Waals surface area contributed by atoms with Crippen molar-refractivity contribution in [3.05, 3.63) is 0 Å². The molecule has 0 heterocycles. The number of ether oxygens (including phenoxy) is 1. The fourth-order valence-corrected chi connectivity index (χ4v) is 3.02. The molecule has 2 atom stereocenters. The van der Waals surface area contributed by atoms with Gasteiger partial charge in [-0.15, -0.1) is 0 Å². The van der Waals surface area contributed by atoms with Crippen LogP contribution < -0.4 is 5.32 Å². The van der Waals surface area contributed by atoms with E-state index in [4.69, 9.17) is 4.74 Å². The SMILES string of the molecule is CNCC1CC(OC2CCCC(C)C2)C1. The lowest BCUT2D eigenvalue weighted by atomic mass is 9.81. The third kappa shape index (κ3) is 3.18. The van der Waals surface area contributed by atoms with Crippen LogP contribution in [0.4, 0.5) is 0 Å². The molecule has 0 aromatic heterocycles. The van der Waals surface area contributed by atoms with E-state index in [9.17, 15) is 0 Å². The first-order valence-electron chi connectivity index (χ1n) is 6.58. The van der Waals surface area contributed by atoms with Gasteiger partial charge in [0.2, 0.25) is 0 Å². The first-order chi connectivity index (χ1) is 7.28. The van der Waals surface area contributed by atoms with E-state index in [2.05, 4.69) is 12.2 Å². The van der Waals surface area contributed by atoms with Crippen molar-refractivity contribution in [3.63, 3.8) is 0 Å². The summed E-state index contributed by atoms with van der Waals surface area (Å²) in [4.78, 5) is 0. The molecule has 2 heteroatoms. The van der Waals surface area contributed by atoms with Gasteiger partial charge in [0.25, 0.3) is 0 Å². The van der Waals surface area contributed by atoms with Gasteiger partial charge in [-0.1, -0.05) is 19.8 Å². The fourth-order valence-electron chi connectivity index (χ4n) is 3.02. The van der Waals surface area contributed by atoms with E-state index >= 15 is 0 Å². The molecule has 0 bridgehead atoms. The topological polar surface area (TPSA) is 21.3 Å². The van der Waals surface area contributed by atoms with Gasteiger partial charge in [-0.2, -0.15) is 0 Å². The van der Waals surface area contributed by atoms with Gasteiger partial charge in [-0.3, -0.25) is 0 Å². The largest absolute Gasteiger partial charge is 0.375 e. The zero-order chi connectivity index (χ0) is 10.7. The van der Waals surface area contributed by atoms with Crippen LogP contribution in [-0.4, -0.2) is 25.8 Å². The molecule has 2 rings (SSSR count). The van der Waals surface area contributed by atoms with Crippen molar-refractivity contribution < 1.29 is 4.74 Å². The van der Waals surface area contributed by atoms with Gasteiger partial charge in [-0.05, 0) is 51.1 Å². The van der Waals surface area contributed by atoms with Gasteiger partial charge < -0.3 is 10.1 Å². The summed E-state index contributed by atoms with van der Waals surface area (Å²) in [5.74, 6) is 1.76. The van der Waals surface area contributed by atoms with E-state index in [0.29, 0.717) is 12.2 Å². The van der Waals surface area contributed by atoms with Crippen molar-refractivity contribution >= 4 is 0 Å². The van der Waals surface area contributed by atoms with Crippen LogP contribution in [-0.2, 0) is 4.74 Å². The molecule has 0 spiro atoms. The molecule has 15 heavy (non-hydrogen) atoms. The first-order valence-corrected chi connectivity index (χ1v) is 6.58. The van der Waals surface area contributed by atoms with Crippen molar-refractivity contribution in [2.45, 2.75) is 57.7 Å². The molecule has 2 aliphatic rings. The second-order valence-electron chi connectivity index (χ2n) is 5.55. The Morgan fingerprint density at radius 3 is 2.60 bits per heavy atom. The van der Waals surface area contributed by atoms with Crippen LogP contribution in [0, 0.1) is 11.8 Å². The third-order valence-corrected chi connectivity index (χ3v) is 3.96. The Balaban J connectivity index is 1.62. The summed E-state index contributed by atoms with van der Waals surface area (Å²) in [6.07, 6.45) is 9.11. The van der Waals surface area contributed by atoms with Crippen molar-refractivity contribution in [3.8, 4) is 0 Å². The maximum atomic E-state index is 6.15. The minimum Gasteiger partial charge on any atom is -0.375 e. The molecular formula is C13H25NO. The van der Waals surface area contributed by atoms with E-state index < -0.39 is 0 Å². The summed E-state index contributed by atoms with van der Waals surface area (Å²) in [7, 11) is 2.04. The molecule has 0 saturated heterocycles. The molecular weight excluding hydrogens is 186 g/mol. The standard InChI is InChI=1S/C13H25NO/c1-10-4-3-5-12(6-10)15-13-7-11(8-13)9-14-2/h10-14H,3-9H2,1-2H3. The van der Waals surface area contributed by atoms with Crippen LogP contribution in [0.3, 0.4) is 0 Å². The van der Waals surface area contributed by atoms with Gasteiger partial charge in [0.1, 0.15) is 0 Å². The maximum Gasteiger partial charge on any atom is 0.0585 e. The number of rotatable bonds is 4. The summed E-state index contributed by atoms with van der Waals surface area (Å²) in [5, 5.41) is 3.25. The fraction of sp³-hybridized carbons (Fsp3) is 1.00. The van der Waals surface area contributed by atoms with E-state index in [1.165, 1.54) is 45.1 Å². The zero-order valence-corrected chi connectivity index (χ0v) is 10.2. The Labute approximate surface area is 93.8 Å². The van der Waals surface area contributed by atoms with Crippen LogP contribution >= 0.6 is 0 Å². The number of nitrogens with one attached hydrogen (secondary N) is 1. The second kappa shape index (κ2) is 5.31. The second-order valence-corrected chi connectivity index (χ2v) is 5.55. The summed E-state index contributed by atoms with van der Waals surface area (Å²) >= 11 is 0. The van der Waals surface area contributed by atoms with Gasteiger partial charge in [-0.25, -0.2) is 0 Å². The van der Waals surface area contributed by atoms with Crippen LogP contribution in [0.25, 0.3) is 0 Å². The number of hydrogen-bond acceptors (Lipinski definition) is 2. The predicted octanol–water partition coefficient (Wildman–Crippen LogP) is 2.58. The van der Waals surface area contributed by atoms with E-state index in [1.54, 1.807) is 0 Å². The Hall–Kier alpha value is -0.0800. The van der Waals surface area contributed by atoms with Gasteiger partial charge in [0.15, 0.2) is 0 Å². The van der Waals surface area contributed by atoms with E-state index in [1.807, 2.05) is 7.05 Å². The zero-order valence-electron chi connectivity index (χ0n) is 10.2. The minimum absolute atomic E-state index is 0.578. The molecule has 2 fully saturated rings. The van der Waals surface area contributed by atoms with Crippen molar-refractivity contribution in [2.24, 2.45) is 11.8 Å². The highest BCUT2D eigenvalue weighted by Gasteiger charge is 2.32. The van der Waals surface area contributed by atoms with E-state index in [-0.39, 0.29) is 0 Å². The summed E-state index contributed by atoms with van der Waals surface area (Å²) in [5.41, 5.74) is 0. The highest BCUT2D eigenvalue weighted by molar-refractivity contribution is 4.83. The molecule has 2 saturated carbocycles. The van der Waals surface area contributed by atoms with Crippen LogP contribution in [0.5, 0.6) is 0 Å². The Morgan fingerprint density at radius 1 is 1.13 bits per heavy atom. The van der Waals surface area contributed by atoms with Gasteiger partial charge in [0.05, 0.1) is 12.2 Å². The molecule has 88 valence electrons. The Bertz CT molecular complexity index is 189. The average Bonchev–Trinajstić information content (AvgIpc) is 2.15. The summed E-state index contributed by atoms with van der Waals surface area (Å²) in [6.45, 7) is 3.53. The van der Waals surface area contributed by atoms with Gasteiger partial charge >= 0.3 is 0 Å². The maximum absolute atomic E-state index is 6.15. The quantitative estimate of drug-likeness (QED) is 0.771. The monoisotopic (exact) mass is 211 g/mol. The van der Waals surface area contributed by atoms with Crippen LogP contribution in [0.15, 0.2) is 0 Å². The highest BCUT2D eigenvalue weighted by Crippen LogP contribution is 2.34. The molecule has 2 unspecified atom stereocenters. The van der Waals surface area contributed by atoms with Crippen molar-refractivity contribution in [1.29, 1.82) is 0 Å². The minimum atomic E-state index is 0.578. The lowest BCUT2D eigenvalue weighted by molar-refractivity contribution is -0.0914. The van der Waals surface area contributed by atoms with Crippen molar-refractivity contribution in [2.75, 3.05) is 13.6 Å². The smallest absolute Gasteiger partial charge is 0.0585 e. The molecule has 2 aliphatic carbocycles. The first kappa shape index (κ1) is 11.4. The predicted molar refractivity (Wildman–Crippen MR) is 62.9 cm³/mol. The van der Waals surface area contributed by atoms with E-state index in [0.717, 1.165) is 11.8 Å². The average molecular weight is 211 g/mol. The molecule has 0 aliphatic heterocycles. The molecule has 0 aromatic carbocycles. The highest BCUT2D eigenvalue weighted by atomic mass is 16.5. The third-order valence-electron chi connectivity index (χ3n) is 3.96. The summed E-state index contributed by atoms with van der Waals surface area (Å²) < 4.78 is 6.15. The normalized spacial score (nSPS) is 41.2. The Morgan fingerprint density at radius 2 is 1.93 bits per heavy atom. The Kier molecular flexibility index (Phi) is 4.04. The lowest BCUT2D eigenvalue weighted by Gasteiger charge is -2.39. The molecule has 0 aromatic rings. The van der Waals surface area contributed by atoms with Gasteiger partial charge in [0, 0.05) is 0 Å². The number of hydrogen-bond donors (Lipinski definition) is 1. The molecule has 1 N–H and O–H groups in total. The lowest BCUT2D eigenvalue weighted by Crippen LogP contribution is -2.39. The van der Waals surface area contributed by atoms with Crippen LogP contribution in [0.2, 0.25) is 0 Å². The molecule has 2 nitrogen and oxygen atoms in total. The summed E-state index contributed by atoms with van der Waals surface area (Å²) in [6, 6.07) is 0.